The van der Waals surface area contributed by atoms with Gasteiger partial charge in [-0.05, 0) is 30.3 Å². The van der Waals surface area contributed by atoms with Gasteiger partial charge in [-0.1, -0.05) is 59.7 Å². The van der Waals surface area contributed by atoms with Crippen molar-refractivity contribution in [1.29, 1.82) is 0 Å². The second-order valence-electron chi connectivity index (χ2n) is 7.04. The molecule has 0 fully saturated rings. The topological polar surface area (TPSA) is 77.7 Å². The fraction of sp³-hybridized carbons (Fsp3) is 0.0769. The molecule has 1 aromatic heterocycles. The van der Waals surface area contributed by atoms with E-state index in [0.29, 0.717) is 27.1 Å². The summed E-state index contributed by atoms with van der Waals surface area (Å²) in [5.41, 5.74) is 2.57. The lowest BCUT2D eigenvalue weighted by molar-refractivity contribution is 0.0600. The van der Waals surface area contributed by atoms with Gasteiger partial charge in [0.1, 0.15) is 0 Å². The second-order valence-corrected chi connectivity index (χ2v) is 8.05. The van der Waals surface area contributed by atoms with Gasteiger partial charge >= 0.3 is 5.97 Å². The molecule has 0 aliphatic carbocycles. The smallest absolute Gasteiger partial charge is 0.337 e. The molecule has 1 amide bonds. The number of thiazole rings is 1. The van der Waals surface area contributed by atoms with Crippen LogP contribution in [0.5, 0.6) is 0 Å². The molecule has 0 spiro atoms. The number of hydrogen-bond donors (Lipinski definition) is 0. The van der Waals surface area contributed by atoms with Crippen LogP contribution in [0, 0.1) is 12.3 Å². The molecule has 0 atom stereocenters. The largest absolute Gasteiger partial charge is 0.465 e. The Hall–Kier alpha value is -4.28. The molecule has 0 N–H and O–H groups in total. The molecule has 33 heavy (non-hydrogen) atoms. The van der Waals surface area contributed by atoms with Gasteiger partial charge in [0.2, 0.25) is 0 Å². The number of benzene rings is 3. The number of ketones is 1. The molecule has 4 aromatic rings. The lowest BCUT2D eigenvalue weighted by Crippen LogP contribution is -2.16. The summed E-state index contributed by atoms with van der Waals surface area (Å²) >= 11 is 1.25. The molecule has 1 heterocycles. The van der Waals surface area contributed by atoms with Crippen LogP contribution in [0.2, 0.25) is 0 Å². The number of carbonyl (C=O) groups is 3. The van der Waals surface area contributed by atoms with Crippen molar-refractivity contribution in [2.75, 3.05) is 7.11 Å². The monoisotopic (exact) mass is 454 g/mol. The minimum Gasteiger partial charge on any atom is -0.465 e. The molecule has 6 nitrogen and oxygen atoms in total. The molecule has 7 heteroatoms. The number of terminal acetylenes is 1. The highest BCUT2D eigenvalue weighted by atomic mass is 32.1. The van der Waals surface area contributed by atoms with Crippen LogP contribution in [0.25, 0.3) is 10.2 Å². The van der Waals surface area contributed by atoms with Crippen LogP contribution in [0.3, 0.4) is 0 Å². The van der Waals surface area contributed by atoms with E-state index in [4.69, 9.17) is 11.2 Å². The summed E-state index contributed by atoms with van der Waals surface area (Å²) in [5, 5.41) is 0. The maximum Gasteiger partial charge on any atom is 0.337 e. The van der Waals surface area contributed by atoms with Crippen molar-refractivity contribution in [2.45, 2.75) is 6.54 Å². The zero-order valence-electron chi connectivity index (χ0n) is 17.6. The number of ether oxygens (including phenoxy) is 1. The Morgan fingerprint density at radius 3 is 2.24 bits per heavy atom. The molecule has 4 rings (SSSR count). The highest BCUT2D eigenvalue weighted by molar-refractivity contribution is 7.16. The van der Waals surface area contributed by atoms with Crippen LogP contribution in [-0.2, 0) is 11.3 Å². The van der Waals surface area contributed by atoms with E-state index in [2.05, 4.69) is 10.9 Å². The van der Waals surface area contributed by atoms with Gasteiger partial charge in [0.25, 0.3) is 5.91 Å². The van der Waals surface area contributed by atoms with E-state index in [-0.39, 0.29) is 12.3 Å². The van der Waals surface area contributed by atoms with Crippen molar-refractivity contribution in [3.05, 3.63) is 99.9 Å². The highest BCUT2D eigenvalue weighted by Gasteiger charge is 2.13. The van der Waals surface area contributed by atoms with E-state index in [9.17, 15) is 14.4 Å². The van der Waals surface area contributed by atoms with Gasteiger partial charge in [0.05, 0.1) is 29.4 Å². The fourth-order valence-electron chi connectivity index (χ4n) is 3.32. The standard InChI is InChI=1S/C26H18N2O4S/c1-3-15-28-21-14-13-20(25(31)32-2)16-22(21)33-26(28)27-24(30)19-11-9-18(10-12-19)23(29)17-7-5-4-6-8-17/h1,4-14,16H,15H2,2H3. The molecule has 0 aliphatic rings. The number of carbonyl (C=O) groups excluding carboxylic acids is 3. The number of hydrogen-bond acceptors (Lipinski definition) is 5. The first-order valence-corrected chi connectivity index (χ1v) is 10.8. The Kier molecular flexibility index (Phi) is 6.29. The average Bonchev–Trinajstić information content (AvgIpc) is 3.19. The summed E-state index contributed by atoms with van der Waals surface area (Å²) in [6.07, 6.45) is 5.52. The first kappa shape index (κ1) is 21.9. The molecule has 162 valence electrons. The Morgan fingerprint density at radius 2 is 1.58 bits per heavy atom. The van der Waals surface area contributed by atoms with Crippen molar-refractivity contribution in [3.8, 4) is 12.3 Å². The predicted molar refractivity (Wildman–Crippen MR) is 126 cm³/mol. The highest BCUT2D eigenvalue weighted by Crippen LogP contribution is 2.20. The van der Waals surface area contributed by atoms with Gasteiger partial charge < -0.3 is 9.30 Å². The van der Waals surface area contributed by atoms with Crippen LogP contribution >= 0.6 is 11.3 Å². The third kappa shape index (κ3) is 4.52. The van der Waals surface area contributed by atoms with Crippen molar-refractivity contribution >= 4 is 39.2 Å². The van der Waals surface area contributed by atoms with Crippen LogP contribution in [0.1, 0.15) is 36.6 Å². The quantitative estimate of drug-likeness (QED) is 0.259. The van der Waals surface area contributed by atoms with E-state index in [1.807, 2.05) is 6.07 Å². The summed E-state index contributed by atoms with van der Waals surface area (Å²) in [7, 11) is 1.32. The second kappa shape index (κ2) is 9.47. The third-order valence-electron chi connectivity index (χ3n) is 4.98. The maximum atomic E-state index is 12.8. The minimum absolute atomic E-state index is 0.121. The normalized spacial score (nSPS) is 11.2. The molecular formula is C26H18N2O4S. The van der Waals surface area contributed by atoms with Crippen molar-refractivity contribution in [1.82, 2.24) is 4.57 Å². The zero-order valence-corrected chi connectivity index (χ0v) is 18.5. The lowest BCUT2D eigenvalue weighted by atomic mass is 10.0. The zero-order chi connectivity index (χ0) is 23.4. The number of rotatable bonds is 5. The minimum atomic E-state index is -0.459. The first-order valence-electron chi connectivity index (χ1n) is 9.96. The molecule has 0 aliphatic heterocycles. The summed E-state index contributed by atoms with van der Waals surface area (Å²) in [6.45, 7) is 0.216. The summed E-state index contributed by atoms with van der Waals surface area (Å²) in [5.74, 6) is 1.54. The van der Waals surface area contributed by atoms with Crippen molar-refractivity contribution < 1.29 is 19.1 Å². The third-order valence-corrected chi connectivity index (χ3v) is 6.02. The van der Waals surface area contributed by atoms with Gasteiger partial charge in [-0.25, -0.2) is 4.79 Å². The van der Waals surface area contributed by atoms with Crippen LogP contribution < -0.4 is 4.80 Å². The van der Waals surface area contributed by atoms with E-state index in [1.165, 1.54) is 18.4 Å². The Labute approximate surface area is 193 Å². The van der Waals surface area contributed by atoms with Crippen LogP contribution in [0.15, 0.2) is 77.8 Å². The Bertz CT molecular complexity index is 1470. The SMILES string of the molecule is C#CCn1c(=NC(=O)c2ccc(C(=O)c3ccccc3)cc2)sc2cc(C(=O)OC)ccc21. The van der Waals surface area contributed by atoms with E-state index in [1.54, 1.807) is 71.3 Å². The summed E-state index contributed by atoms with van der Waals surface area (Å²) in [4.78, 5) is 41.9. The first-order chi connectivity index (χ1) is 16.0. The Balaban J connectivity index is 1.68. The van der Waals surface area contributed by atoms with Crippen molar-refractivity contribution in [2.24, 2.45) is 4.99 Å². The maximum absolute atomic E-state index is 12.8. The number of amides is 1. The predicted octanol–water partition coefficient (Wildman–Crippen LogP) is 4.09. The van der Waals surface area contributed by atoms with Crippen LogP contribution in [-0.4, -0.2) is 29.3 Å². The molecule has 0 bridgehead atoms. The van der Waals surface area contributed by atoms with E-state index in [0.717, 1.165) is 10.2 Å². The molecule has 0 radical (unpaired) electrons. The Morgan fingerprint density at radius 1 is 0.939 bits per heavy atom. The number of esters is 1. The van der Waals surface area contributed by atoms with Gasteiger partial charge in [-0.15, -0.1) is 6.42 Å². The number of aromatic nitrogens is 1. The van der Waals surface area contributed by atoms with Crippen LogP contribution in [0.4, 0.5) is 0 Å². The fourth-order valence-corrected chi connectivity index (χ4v) is 4.39. The summed E-state index contributed by atoms with van der Waals surface area (Å²) < 4.78 is 7.27. The lowest BCUT2D eigenvalue weighted by Gasteiger charge is -2.03. The van der Waals surface area contributed by atoms with E-state index >= 15 is 0 Å². The molecular weight excluding hydrogens is 436 g/mol. The van der Waals surface area contributed by atoms with E-state index < -0.39 is 11.9 Å². The van der Waals surface area contributed by atoms with Gasteiger partial charge in [0, 0.05) is 16.7 Å². The molecule has 0 saturated heterocycles. The van der Waals surface area contributed by atoms with Gasteiger partial charge in [-0.3, -0.25) is 9.59 Å². The number of methoxy groups -OCH3 is 1. The molecule has 3 aromatic carbocycles. The van der Waals surface area contributed by atoms with Crippen molar-refractivity contribution in [3.63, 3.8) is 0 Å². The van der Waals surface area contributed by atoms with Gasteiger partial charge in [0.15, 0.2) is 10.6 Å². The molecule has 0 unspecified atom stereocenters. The van der Waals surface area contributed by atoms with Gasteiger partial charge in [-0.2, -0.15) is 4.99 Å². The summed E-state index contributed by atoms with van der Waals surface area (Å²) in [6, 6.07) is 20.4. The number of fused-ring (bicyclic) bond motifs is 1. The average molecular weight is 455 g/mol. The molecule has 0 saturated carbocycles. The number of nitrogens with zero attached hydrogens (tertiary/aromatic N) is 2.